The topological polar surface area (TPSA) is 47.3 Å². The zero-order valence-electron chi connectivity index (χ0n) is 11.0. The molecule has 0 saturated heterocycles. The van der Waals surface area contributed by atoms with E-state index in [2.05, 4.69) is 10.8 Å². The van der Waals surface area contributed by atoms with E-state index in [1.807, 2.05) is 24.3 Å². The SMILES string of the molecule is COc1ccccc1-c1cn2c(n1)CC(CO)CC2. The van der Waals surface area contributed by atoms with Gasteiger partial charge in [-0.15, -0.1) is 0 Å². The Bertz CT molecular complexity index is 577. The summed E-state index contributed by atoms with van der Waals surface area (Å²) in [7, 11) is 1.68. The van der Waals surface area contributed by atoms with E-state index in [9.17, 15) is 5.11 Å². The predicted molar refractivity (Wildman–Crippen MR) is 73.1 cm³/mol. The molecule has 1 atom stereocenters. The van der Waals surface area contributed by atoms with Gasteiger partial charge in [0.2, 0.25) is 0 Å². The van der Waals surface area contributed by atoms with E-state index in [1.165, 1.54) is 0 Å². The number of rotatable bonds is 3. The Morgan fingerprint density at radius 2 is 2.26 bits per heavy atom. The van der Waals surface area contributed by atoms with Crippen LogP contribution in [0.1, 0.15) is 12.2 Å². The maximum atomic E-state index is 9.27. The van der Waals surface area contributed by atoms with Crippen LogP contribution in [0, 0.1) is 5.92 Å². The average molecular weight is 258 g/mol. The number of hydrogen-bond acceptors (Lipinski definition) is 3. The summed E-state index contributed by atoms with van der Waals surface area (Å²) < 4.78 is 7.57. The van der Waals surface area contributed by atoms with E-state index in [4.69, 9.17) is 9.72 Å². The highest BCUT2D eigenvalue weighted by molar-refractivity contribution is 5.66. The highest BCUT2D eigenvalue weighted by atomic mass is 16.5. The van der Waals surface area contributed by atoms with Gasteiger partial charge in [-0.25, -0.2) is 4.98 Å². The minimum atomic E-state index is 0.247. The fourth-order valence-corrected chi connectivity index (χ4v) is 2.63. The molecular weight excluding hydrogens is 240 g/mol. The molecule has 0 spiro atoms. The molecule has 1 unspecified atom stereocenters. The first-order valence-corrected chi connectivity index (χ1v) is 6.62. The fraction of sp³-hybridized carbons (Fsp3) is 0.400. The number of para-hydroxylation sites is 1. The molecule has 2 heterocycles. The zero-order chi connectivity index (χ0) is 13.2. The third-order valence-electron chi connectivity index (χ3n) is 3.75. The zero-order valence-corrected chi connectivity index (χ0v) is 11.0. The summed E-state index contributed by atoms with van der Waals surface area (Å²) in [6.45, 7) is 1.18. The van der Waals surface area contributed by atoms with E-state index in [-0.39, 0.29) is 6.61 Å². The number of ether oxygens (including phenoxy) is 1. The van der Waals surface area contributed by atoms with Crippen molar-refractivity contribution in [3.63, 3.8) is 0 Å². The predicted octanol–water partition coefficient (Wildman–Crippen LogP) is 2.11. The summed E-state index contributed by atoms with van der Waals surface area (Å²) in [5, 5.41) is 9.27. The third kappa shape index (κ3) is 2.24. The summed E-state index contributed by atoms with van der Waals surface area (Å²) in [6, 6.07) is 7.92. The van der Waals surface area contributed by atoms with Gasteiger partial charge in [0.25, 0.3) is 0 Å². The van der Waals surface area contributed by atoms with Crippen molar-refractivity contribution in [2.45, 2.75) is 19.4 Å². The Labute approximate surface area is 112 Å². The second kappa shape index (κ2) is 5.05. The Kier molecular flexibility index (Phi) is 3.25. The summed E-state index contributed by atoms with van der Waals surface area (Å²) in [4.78, 5) is 4.70. The Balaban J connectivity index is 1.97. The van der Waals surface area contributed by atoms with Crippen LogP contribution in [-0.4, -0.2) is 28.4 Å². The molecule has 0 amide bonds. The molecule has 0 fully saturated rings. The molecule has 1 aliphatic heterocycles. The molecule has 1 aliphatic rings. The summed E-state index contributed by atoms with van der Waals surface area (Å²) in [6.07, 6.45) is 3.96. The number of aryl methyl sites for hydroxylation is 1. The van der Waals surface area contributed by atoms with Gasteiger partial charge in [0.1, 0.15) is 11.6 Å². The molecule has 1 aromatic heterocycles. The minimum Gasteiger partial charge on any atom is -0.496 e. The van der Waals surface area contributed by atoms with Crippen LogP contribution in [0.25, 0.3) is 11.3 Å². The van der Waals surface area contributed by atoms with E-state index < -0.39 is 0 Å². The van der Waals surface area contributed by atoms with Gasteiger partial charge in [0.15, 0.2) is 0 Å². The first-order valence-electron chi connectivity index (χ1n) is 6.62. The number of nitrogens with zero attached hydrogens (tertiary/aromatic N) is 2. The Morgan fingerprint density at radius 3 is 3.05 bits per heavy atom. The highest BCUT2D eigenvalue weighted by Crippen LogP contribution is 2.30. The quantitative estimate of drug-likeness (QED) is 0.917. The standard InChI is InChI=1S/C15H18N2O2/c1-19-14-5-3-2-4-12(14)13-9-17-7-6-11(10-18)8-15(17)16-13/h2-5,9,11,18H,6-8,10H2,1H3. The van der Waals surface area contributed by atoms with Crippen molar-refractivity contribution >= 4 is 0 Å². The molecule has 4 heteroatoms. The van der Waals surface area contributed by atoms with Gasteiger partial charge in [0.05, 0.1) is 12.8 Å². The molecule has 0 saturated carbocycles. The molecule has 0 bridgehead atoms. The lowest BCUT2D eigenvalue weighted by molar-refractivity contribution is 0.199. The van der Waals surface area contributed by atoms with Crippen LogP contribution in [-0.2, 0) is 13.0 Å². The number of hydrogen-bond donors (Lipinski definition) is 1. The van der Waals surface area contributed by atoms with E-state index in [0.29, 0.717) is 5.92 Å². The number of aliphatic hydroxyl groups excluding tert-OH is 1. The van der Waals surface area contributed by atoms with Crippen LogP contribution in [0.2, 0.25) is 0 Å². The summed E-state index contributed by atoms with van der Waals surface area (Å²) in [5.74, 6) is 2.25. The van der Waals surface area contributed by atoms with Crippen molar-refractivity contribution in [1.82, 2.24) is 9.55 Å². The second-order valence-corrected chi connectivity index (χ2v) is 4.98. The van der Waals surface area contributed by atoms with Crippen molar-refractivity contribution in [2.75, 3.05) is 13.7 Å². The molecule has 1 aromatic carbocycles. The number of benzene rings is 1. The van der Waals surface area contributed by atoms with Crippen LogP contribution in [0.15, 0.2) is 30.5 Å². The first-order chi connectivity index (χ1) is 9.31. The summed E-state index contributed by atoms with van der Waals surface area (Å²) in [5.41, 5.74) is 1.97. The molecule has 3 rings (SSSR count). The fourth-order valence-electron chi connectivity index (χ4n) is 2.63. The van der Waals surface area contributed by atoms with Crippen LogP contribution in [0.3, 0.4) is 0 Å². The van der Waals surface area contributed by atoms with Crippen molar-refractivity contribution in [3.8, 4) is 17.0 Å². The van der Waals surface area contributed by atoms with Gasteiger partial charge < -0.3 is 14.4 Å². The maximum absolute atomic E-state index is 9.27. The average Bonchev–Trinajstić information content (AvgIpc) is 2.89. The lowest BCUT2D eigenvalue weighted by Crippen LogP contribution is -2.21. The maximum Gasteiger partial charge on any atom is 0.128 e. The van der Waals surface area contributed by atoms with Crippen molar-refractivity contribution < 1.29 is 9.84 Å². The Hall–Kier alpha value is -1.81. The van der Waals surface area contributed by atoms with Gasteiger partial charge in [-0.2, -0.15) is 0 Å². The number of imidazole rings is 1. The molecule has 19 heavy (non-hydrogen) atoms. The molecule has 2 aromatic rings. The molecule has 100 valence electrons. The largest absolute Gasteiger partial charge is 0.496 e. The monoisotopic (exact) mass is 258 g/mol. The van der Waals surface area contributed by atoms with Crippen LogP contribution in [0.4, 0.5) is 0 Å². The van der Waals surface area contributed by atoms with Gasteiger partial charge in [0, 0.05) is 31.3 Å². The van der Waals surface area contributed by atoms with Crippen LogP contribution >= 0.6 is 0 Å². The highest BCUT2D eigenvalue weighted by Gasteiger charge is 2.21. The normalized spacial score (nSPS) is 18.1. The van der Waals surface area contributed by atoms with Gasteiger partial charge in [-0.1, -0.05) is 12.1 Å². The Morgan fingerprint density at radius 1 is 1.42 bits per heavy atom. The molecule has 1 N–H and O–H groups in total. The van der Waals surface area contributed by atoms with Crippen molar-refractivity contribution in [3.05, 3.63) is 36.3 Å². The lowest BCUT2D eigenvalue weighted by atomic mass is 9.99. The van der Waals surface area contributed by atoms with Gasteiger partial charge in [-0.3, -0.25) is 0 Å². The molecule has 0 aliphatic carbocycles. The number of fused-ring (bicyclic) bond motifs is 1. The number of aliphatic hydroxyl groups is 1. The summed E-state index contributed by atoms with van der Waals surface area (Å²) >= 11 is 0. The van der Waals surface area contributed by atoms with Gasteiger partial charge in [-0.05, 0) is 24.5 Å². The lowest BCUT2D eigenvalue weighted by Gasteiger charge is -2.20. The molecule has 0 radical (unpaired) electrons. The van der Waals surface area contributed by atoms with E-state index >= 15 is 0 Å². The van der Waals surface area contributed by atoms with Crippen molar-refractivity contribution in [2.24, 2.45) is 5.92 Å². The number of aromatic nitrogens is 2. The van der Waals surface area contributed by atoms with Crippen LogP contribution < -0.4 is 4.74 Å². The third-order valence-corrected chi connectivity index (χ3v) is 3.75. The molecule has 4 nitrogen and oxygen atoms in total. The smallest absolute Gasteiger partial charge is 0.128 e. The first kappa shape index (κ1) is 12.2. The van der Waals surface area contributed by atoms with Crippen LogP contribution in [0.5, 0.6) is 5.75 Å². The minimum absolute atomic E-state index is 0.247. The van der Waals surface area contributed by atoms with E-state index in [0.717, 1.165) is 42.2 Å². The molecular formula is C15H18N2O2. The number of methoxy groups -OCH3 is 1. The van der Waals surface area contributed by atoms with Gasteiger partial charge >= 0.3 is 0 Å². The second-order valence-electron chi connectivity index (χ2n) is 4.98. The van der Waals surface area contributed by atoms with Crippen molar-refractivity contribution in [1.29, 1.82) is 0 Å². The van der Waals surface area contributed by atoms with E-state index in [1.54, 1.807) is 7.11 Å².